The molecule has 0 unspecified atom stereocenters. The first-order valence-corrected chi connectivity index (χ1v) is 7.72. The third-order valence-corrected chi connectivity index (χ3v) is 3.56. The Morgan fingerprint density at radius 1 is 1.17 bits per heavy atom. The van der Waals surface area contributed by atoms with Crippen molar-refractivity contribution in [3.63, 3.8) is 0 Å². The Hall–Kier alpha value is -3.02. The summed E-state index contributed by atoms with van der Waals surface area (Å²) in [5, 5.41) is 8.55. The highest BCUT2D eigenvalue weighted by Crippen LogP contribution is 2.24. The van der Waals surface area contributed by atoms with Crippen molar-refractivity contribution in [2.24, 2.45) is 10.2 Å². The average molecular weight is 322 g/mol. The predicted molar refractivity (Wildman–Crippen MR) is 91.2 cm³/mol. The summed E-state index contributed by atoms with van der Waals surface area (Å²) < 4.78 is 6.86. The quantitative estimate of drug-likeness (QED) is 0.523. The molecule has 0 saturated heterocycles. The fourth-order valence-corrected chi connectivity index (χ4v) is 2.36. The molecule has 1 aromatic carbocycles. The number of aromatic nitrogens is 2. The molecule has 0 aliphatic carbocycles. The molecule has 0 amide bonds. The number of esters is 1. The van der Waals surface area contributed by atoms with Gasteiger partial charge in [-0.3, -0.25) is 4.40 Å². The van der Waals surface area contributed by atoms with Gasteiger partial charge in [-0.25, -0.2) is 9.78 Å². The summed E-state index contributed by atoms with van der Waals surface area (Å²) in [4.78, 5) is 16.1. The molecule has 0 atom stereocenters. The van der Waals surface area contributed by atoms with Crippen molar-refractivity contribution in [3.05, 3.63) is 59.4 Å². The van der Waals surface area contributed by atoms with Gasteiger partial charge < -0.3 is 4.74 Å². The summed E-state index contributed by atoms with van der Waals surface area (Å²) in [6.07, 6.45) is 1.93. The van der Waals surface area contributed by atoms with Crippen LogP contribution >= 0.6 is 0 Å². The van der Waals surface area contributed by atoms with Crippen LogP contribution in [0.25, 0.3) is 5.65 Å². The van der Waals surface area contributed by atoms with E-state index in [1.807, 2.05) is 36.6 Å². The van der Waals surface area contributed by atoms with E-state index in [9.17, 15) is 4.79 Å². The lowest BCUT2D eigenvalue weighted by Crippen LogP contribution is -2.03. The van der Waals surface area contributed by atoms with Crippen LogP contribution in [0, 0.1) is 13.8 Å². The second kappa shape index (κ2) is 6.62. The maximum Gasteiger partial charge on any atom is 0.338 e. The van der Waals surface area contributed by atoms with Gasteiger partial charge in [0.15, 0.2) is 5.82 Å². The van der Waals surface area contributed by atoms with Gasteiger partial charge in [0, 0.05) is 6.20 Å². The molecule has 122 valence electrons. The molecule has 3 rings (SSSR count). The highest BCUT2D eigenvalue weighted by Gasteiger charge is 2.08. The maximum absolute atomic E-state index is 11.6. The highest BCUT2D eigenvalue weighted by atomic mass is 16.5. The molecule has 0 fully saturated rings. The fraction of sp³-hybridized carbons (Fsp3) is 0.222. The van der Waals surface area contributed by atoms with Crippen molar-refractivity contribution in [1.82, 2.24) is 9.38 Å². The zero-order valence-corrected chi connectivity index (χ0v) is 13.9. The molecule has 3 aromatic rings. The predicted octanol–water partition coefficient (Wildman–Crippen LogP) is 4.54. The number of carbonyl (C=O) groups is 1. The Kier molecular flexibility index (Phi) is 4.37. The van der Waals surface area contributed by atoms with Gasteiger partial charge in [0.1, 0.15) is 5.65 Å². The van der Waals surface area contributed by atoms with Gasteiger partial charge in [-0.15, -0.1) is 10.2 Å². The third kappa shape index (κ3) is 3.17. The van der Waals surface area contributed by atoms with Crippen molar-refractivity contribution >= 4 is 23.1 Å². The molecule has 0 aliphatic heterocycles. The van der Waals surface area contributed by atoms with Crippen molar-refractivity contribution < 1.29 is 9.53 Å². The van der Waals surface area contributed by atoms with E-state index in [1.54, 1.807) is 31.2 Å². The lowest BCUT2D eigenvalue weighted by Gasteiger charge is -2.01. The number of hydrogen-bond acceptors (Lipinski definition) is 5. The number of ether oxygens (including phenoxy) is 1. The van der Waals surface area contributed by atoms with Crippen LogP contribution in [-0.4, -0.2) is 22.0 Å². The SMILES string of the molecule is CCOC(=O)c1ccc(N=Nc2c(C)nc3cc(C)ccn23)cc1. The molecule has 0 spiro atoms. The topological polar surface area (TPSA) is 68.3 Å². The summed E-state index contributed by atoms with van der Waals surface area (Å²) >= 11 is 0. The molecule has 2 aromatic heterocycles. The molecular weight excluding hydrogens is 304 g/mol. The molecular formula is C18H18N4O2. The van der Waals surface area contributed by atoms with Crippen LogP contribution in [0.1, 0.15) is 28.5 Å². The Bertz CT molecular complexity index is 911. The second-order valence-electron chi connectivity index (χ2n) is 5.42. The summed E-state index contributed by atoms with van der Waals surface area (Å²) in [5.41, 5.74) is 3.96. The Morgan fingerprint density at radius 2 is 1.92 bits per heavy atom. The van der Waals surface area contributed by atoms with Crippen LogP contribution in [0.5, 0.6) is 0 Å². The van der Waals surface area contributed by atoms with Crippen LogP contribution in [0.15, 0.2) is 52.8 Å². The zero-order chi connectivity index (χ0) is 17.1. The van der Waals surface area contributed by atoms with E-state index in [-0.39, 0.29) is 5.97 Å². The monoisotopic (exact) mass is 322 g/mol. The van der Waals surface area contributed by atoms with E-state index in [0.29, 0.717) is 23.7 Å². The summed E-state index contributed by atoms with van der Waals surface area (Å²) in [6.45, 7) is 6.06. The van der Waals surface area contributed by atoms with Crippen molar-refractivity contribution in [2.45, 2.75) is 20.8 Å². The number of nitrogens with zero attached hydrogens (tertiary/aromatic N) is 4. The lowest BCUT2D eigenvalue weighted by atomic mass is 10.2. The first-order valence-electron chi connectivity index (χ1n) is 7.72. The lowest BCUT2D eigenvalue weighted by molar-refractivity contribution is 0.0526. The number of fused-ring (bicyclic) bond motifs is 1. The molecule has 6 nitrogen and oxygen atoms in total. The summed E-state index contributed by atoms with van der Waals surface area (Å²) in [5.74, 6) is 0.355. The Balaban J connectivity index is 1.86. The number of hydrogen-bond donors (Lipinski definition) is 0. The summed E-state index contributed by atoms with van der Waals surface area (Å²) in [6, 6.07) is 10.8. The highest BCUT2D eigenvalue weighted by molar-refractivity contribution is 5.89. The van der Waals surface area contributed by atoms with Gasteiger partial charge in [0.25, 0.3) is 0 Å². The molecule has 0 bridgehead atoms. The normalized spacial score (nSPS) is 11.3. The summed E-state index contributed by atoms with van der Waals surface area (Å²) in [7, 11) is 0. The molecule has 0 N–H and O–H groups in total. The second-order valence-corrected chi connectivity index (χ2v) is 5.42. The van der Waals surface area contributed by atoms with Gasteiger partial charge in [0.05, 0.1) is 23.6 Å². The van der Waals surface area contributed by atoms with Crippen LogP contribution in [0.2, 0.25) is 0 Å². The Morgan fingerprint density at radius 3 is 2.62 bits per heavy atom. The average Bonchev–Trinajstić information content (AvgIpc) is 2.88. The van der Waals surface area contributed by atoms with Crippen LogP contribution in [-0.2, 0) is 4.74 Å². The molecule has 2 heterocycles. The number of azo groups is 1. The van der Waals surface area contributed by atoms with E-state index in [0.717, 1.165) is 16.9 Å². The minimum Gasteiger partial charge on any atom is -0.462 e. The number of rotatable bonds is 4. The van der Waals surface area contributed by atoms with E-state index < -0.39 is 0 Å². The Labute approximate surface area is 139 Å². The van der Waals surface area contributed by atoms with Crippen LogP contribution < -0.4 is 0 Å². The van der Waals surface area contributed by atoms with Gasteiger partial charge in [-0.05, 0) is 62.7 Å². The number of benzene rings is 1. The largest absolute Gasteiger partial charge is 0.462 e. The molecule has 24 heavy (non-hydrogen) atoms. The molecule has 0 saturated carbocycles. The van der Waals surface area contributed by atoms with Crippen molar-refractivity contribution in [3.8, 4) is 0 Å². The minimum atomic E-state index is -0.339. The first-order chi connectivity index (χ1) is 11.6. The van der Waals surface area contributed by atoms with E-state index in [1.165, 1.54) is 0 Å². The van der Waals surface area contributed by atoms with Crippen LogP contribution in [0.4, 0.5) is 11.5 Å². The first kappa shape index (κ1) is 15.9. The standard InChI is InChI=1S/C18H18N4O2/c1-4-24-18(23)14-5-7-15(8-6-14)20-21-17-13(3)19-16-11-12(2)9-10-22(16)17/h5-11H,4H2,1-3H3. The molecule has 0 aliphatic rings. The van der Waals surface area contributed by atoms with E-state index >= 15 is 0 Å². The smallest absolute Gasteiger partial charge is 0.338 e. The maximum atomic E-state index is 11.6. The molecule has 0 radical (unpaired) electrons. The van der Waals surface area contributed by atoms with Crippen molar-refractivity contribution in [1.29, 1.82) is 0 Å². The van der Waals surface area contributed by atoms with E-state index in [4.69, 9.17) is 4.74 Å². The third-order valence-electron chi connectivity index (χ3n) is 3.56. The fourth-order valence-electron chi connectivity index (χ4n) is 2.36. The van der Waals surface area contributed by atoms with Crippen molar-refractivity contribution in [2.75, 3.05) is 6.61 Å². The van der Waals surface area contributed by atoms with Gasteiger partial charge in [-0.1, -0.05) is 0 Å². The number of imidazole rings is 1. The number of carbonyl (C=O) groups excluding carboxylic acids is 1. The number of aryl methyl sites for hydroxylation is 2. The van der Waals surface area contributed by atoms with Gasteiger partial charge in [0.2, 0.25) is 0 Å². The van der Waals surface area contributed by atoms with E-state index in [2.05, 4.69) is 15.2 Å². The van der Waals surface area contributed by atoms with Gasteiger partial charge in [-0.2, -0.15) is 0 Å². The number of pyridine rings is 1. The molecule has 6 heteroatoms. The van der Waals surface area contributed by atoms with Crippen LogP contribution in [0.3, 0.4) is 0 Å². The van der Waals surface area contributed by atoms with Gasteiger partial charge >= 0.3 is 5.97 Å². The zero-order valence-electron chi connectivity index (χ0n) is 13.9. The minimum absolute atomic E-state index is 0.339.